The van der Waals surface area contributed by atoms with Crippen LogP contribution in [0.2, 0.25) is 0 Å². The Morgan fingerprint density at radius 2 is 2.60 bits per heavy atom. The first-order chi connectivity index (χ1) is 4.93. The van der Waals surface area contributed by atoms with Crippen LogP contribution in [0.1, 0.15) is 0 Å². The maximum Gasteiger partial charge on any atom is 0.174 e. The van der Waals surface area contributed by atoms with Gasteiger partial charge in [-0.05, 0) is 12.1 Å². The summed E-state index contributed by atoms with van der Waals surface area (Å²) in [6, 6.07) is 3.67. The highest BCUT2D eigenvalue weighted by Crippen LogP contribution is 2.05. The van der Waals surface area contributed by atoms with E-state index in [1.807, 2.05) is 12.1 Å². The van der Waals surface area contributed by atoms with E-state index in [1.165, 1.54) is 6.40 Å². The fraction of sp³-hybridized carbons (Fsp3) is 0.143. The van der Waals surface area contributed by atoms with Crippen molar-refractivity contribution in [2.45, 2.75) is 0 Å². The fourth-order valence-corrected chi connectivity index (χ4v) is 0.544. The van der Waals surface area contributed by atoms with Crippen molar-refractivity contribution in [1.82, 2.24) is 4.98 Å². The number of methoxy groups -OCH3 is 1. The Labute approximate surface area is 59.4 Å². The van der Waals surface area contributed by atoms with E-state index in [0.29, 0.717) is 0 Å². The topological polar surface area (TPSA) is 34.5 Å². The lowest BCUT2D eigenvalue weighted by Gasteiger charge is -1.88. The van der Waals surface area contributed by atoms with Crippen LogP contribution in [0.4, 0.5) is 5.69 Å². The van der Waals surface area contributed by atoms with Gasteiger partial charge >= 0.3 is 0 Å². The molecule has 3 heteroatoms. The minimum absolute atomic E-state index is 0.796. The van der Waals surface area contributed by atoms with Gasteiger partial charge in [-0.25, -0.2) is 4.99 Å². The summed E-state index contributed by atoms with van der Waals surface area (Å²) < 4.78 is 4.63. The van der Waals surface area contributed by atoms with Gasteiger partial charge in [-0.1, -0.05) is 0 Å². The Balaban J connectivity index is 2.67. The number of nitrogens with zero attached hydrogens (tertiary/aromatic N) is 2. The first kappa shape index (κ1) is 6.74. The predicted molar refractivity (Wildman–Crippen MR) is 39.4 cm³/mol. The standard InChI is InChI=1S/C7H8N2O/c1-10-6-9-7-3-2-4-8-5-7/h2-6H,1H3/b9-6+. The van der Waals surface area contributed by atoms with Gasteiger partial charge in [-0.15, -0.1) is 0 Å². The summed E-state index contributed by atoms with van der Waals surface area (Å²) in [5.74, 6) is 0. The molecule has 0 saturated carbocycles. The smallest absolute Gasteiger partial charge is 0.174 e. The quantitative estimate of drug-likeness (QED) is 0.454. The summed E-state index contributed by atoms with van der Waals surface area (Å²) in [5.41, 5.74) is 0.796. The molecule has 0 saturated heterocycles. The molecule has 0 aliphatic carbocycles. The van der Waals surface area contributed by atoms with Crippen LogP contribution in [-0.2, 0) is 4.74 Å². The second-order valence-electron chi connectivity index (χ2n) is 1.68. The number of hydrogen-bond acceptors (Lipinski definition) is 3. The largest absolute Gasteiger partial charge is 0.486 e. The second-order valence-corrected chi connectivity index (χ2v) is 1.68. The molecular weight excluding hydrogens is 128 g/mol. The Morgan fingerprint density at radius 3 is 3.20 bits per heavy atom. The van der Waals surface area contributed by atoms with Crippen LogP contribution in [0.5, 0.6) is 0 Å². The maximum absolute atomic E-state index is 4.63. The van der Waals surface area contributed by atoms with E-state index in [4.69, 9.17) is 0 Å². The molecule has 0 radical (unpaired) electrons. The van der Waals surface area contributed by atoms with E-state index in [9.17, 15) is 0 Å². The van der Waals surface area contributed by atoms with E-state index in [0.717, 1.165) is 5.69 Å². The van der Waals surface area contributed by atoms with E-state index >= 15 is 0 Å². The summed E-state index contributed by atoms with van der Waals surface area (Å²) in [5, 5.41) is 0. The van der Waals surface area contributed by atoms with Crippen molar-refractivity contribution >= 4 is 12.1 Å². The minimum Gasteiger partial charge on any atom is -0.486 e. The maximum atomic E-state index is 4.63. The van der Waals surface area contributed by atoms with Gasteiger partial charge < -0.3 is 4.74 Å². The Morgan fingerprint density at radius 1 is 1.70 bits per heavy atom. The van der Waals surface area contributed by atoms with Crippen LogP contribution in [-0.4, -0.2) is 18.5 Å². The van der Waals surface area contributed by atoms with Crippen LogP contribution in [0.15, 0.2) is 29.5 Å². The number of aromatic nitrogens is 1. The minimum atomic E-state index is 0.796. The summed E-state index contributed by atoms with van der Waals surface area (Å²) in [7, 11) is 1.56. The molecule has 0 fully saturated rings. The zero-order chi connectivity index (χ0) is 7.23. The molecule has 0 aliphatic rings. The molecular formula is C7H8N2O. The molecule has 0 N–H and O–H groups in total. The molecule has 1 heterocycles. The lowest BCUT2D eigenvalue weighted by molar-refractivity contribution is 0.423. The number of pyridine rings is 1. The van der Waals surface area contributed by atoms with Crippen LogP contribution in [0.25, 0.3) is 0 Å². The first-order valence-corrected chi connectivity index (χ1v) is 2.89. The second kappa shape index (κ2) is 3.61. The lowest BCUT2D eigenvalue weighted by atomic mass is 10.4. The third-order valence-electron chi connectivity index (χ3n) is 0.953. The predicted octanol–water partition coefficient (Wildman–Crippen LogP) is 1.39. The molecule has 0 unspecified atom stereocenters. The summed E-state index contributed by atoms with van der Waals surface area (Å²) in [6.45, 7) is 0. The van der Waals surface area contributed by atoms with E-state index < -0.39 is 0 Å². The number of ether oxygens (including phenoxy) is 1. The molecule has 0 atom stereocenters. The Bertz CT molecular complexity index is 208. The van der Waals surface area contributed by atoms with E-state index in [-0.39, 0.29) is 0 Å². The van der Waals surface area contributed by atoms with Crippen molar-refractivity contribution in [2.24, 2.45) is 4.99 Å². The molecule has 0 aliphatic heterocycles. The van der Waals surface area contributed by atoms with Gasteiger partial charge in [0, 0.05) is 6.20 Å². The van der Waals surface area contributed by atoms with Crippen molar-refractivity contribution in [2.75, 3.05) is 7.11 Å². The highest BCUT2D eigenvalue weighted by atomic mass is 16.5. The number of rotatable bonds is 2. The first-order valence-electron chi connectivity index (χ1n) is 2.89. The van der Waals surface area contributed by atoms with Gasteiger partial charge in [0.2, 0.25) is 0 Å². The monoisotopic (exact) mass is 136 g/mol. The number of hydrogen-bond donors (Lipinski definition) is 0. The molecule has 1 aromatic rings. The zero-order valence-corrected chi connectivity index (χ0v) is 5.69. The number of aliphatic imine (C=N–C) groups is 1. The molecule has 10 heavy (non-hydrogen) atoms. The average Bonchev–Trinajstić information content (AvgIpc) is 2.03. The van der Waals surface area contributed by atoms with Gasteiger partial charge in [-0.3, -0.25) is 4.98 Å². The molecule has 3 nitrogen and oxygen atoms in total. The van der Waals surface area contributed by atoms with Gasteiger partial charge in [0.25, 0.3) is 0 Å². The van der Waals surface area contributed by atoms with Gasteiger partial charge in [0.1, 0.15) is 0 Å². The van der Waals surface area contributed by atoms with Crippen molar-refractivity contribution in [3.8, 4) is 0 Å². The van der Waals surface area contributed by atoms with Crippen molar-refractivity contribution in [3.05, 3.63) is 24.5 Å². The molecule has 1 aromatic heterocycles. The highest BCUT2D eigenvalue weighted by Gasteiger charge is 1.81. The van der Waals surface area contributed by atoms with Crippen molar-refractivity contribution < 1.29 is 4.74 Å². The van der Waals surface area contributed by atoms with Crippen LogP contribution in [0, 0.1) is 0 Å². The zero-order valence-electron chi connectivity index (χ0n) is 5.69. The summed E-state index contributed by atoms with van der Waals surface area (Å²) in [6.07, 6.45) is 4.73. The van der Waals surface area contributed by atoms with Crippen LogP contribution >= 0.6 is 0 Å². The summed E-state index contributed by atoms with van der Waals surface area (Å²) >= 11 is 0. The van der Waals surface area contributed by atoms with Gasteiger partial charge in [-0.2, -0.15) is 0 Å². The van der Waals surface area contributed by atoms with Crippen LogP contribution < -0.4 is 0 Å². The highest BCUT2D eigenvalue weighted by molar-refractivity contribution is 5.54. The average molecular weight is 136 g/mol. The van der Waals surface area contributed by atoms with Gasteiger partial charge in [0.15, 0.2) is 6.40 Å². The molecule has 52 valence electrons. The Hall–Kier alpha value is -1.38. The molecule has 0 spiro atoms. The molecule has 0 bridgehead atoms. The van der Waals surface area contributed by atoms with E-state index in [2.05, 4.69) is 14.7 Å². The third-order valence-corrected chi connectivity index (χ3v) is 0.953. The Kier molecular flexibility index (Phi) is 2.43. The van der Waals surface area contributed by atoms with Crippen molar-refractivity contribution in [1.29, 1.82) is 0 Å². The van der Waals surface area contributed by atoms with Crippen LogP contribution in [0.3, 0.4) is 0 Å². The summed E-state index contributed by atoms with van der Waals surface area (Å²) in [4.78, 5) is 7.78. The lowest BCUT2D eigenvalue weighted by Crippen LogP contribution is -1.75. The van der Waals surface area contributed by atoms with E-state index in [1.54, 1.807) is 19.5 Å². The molecule has 1 rings (SSSR count). The van der Waals surface area contributed by atoms with Gasteiger partial charge in [0.05, 0.1) is 19.0 Å². The fourth-order valence-electron chi connectivity index (χ4n) is 0.544. The van der Waals surface area contributed by atoms with Crippen molar-refractivity contribution in [3.63, 3.8) is 0 Å². The molecule has 0 aromatic carbocycles. The SMILES string of the molecule is CO/C=N/c1cccnc1. The normalized spacial score (nSPS) is 10.1. The third kappa shape index (κ3) is 1.85. The molecule has 0 amide bonds.